The average Bonchev–Trinajstić information content (AvgIpc) is 2.64. The van der Waals surface area contributed by atoms with Crippen LogP contribution in [-0.2, 0) is 4.79 Å². The van der Waals surface area contributed by atoms with E-state index in [9.17, 15) is 4.79 Å². The first-order chi connectivity index (χ1) is 12.1. The molecule has 3 heterocycles. The third-order valence-corrected chi connectivity index (χ3v) is 6.95. The van der Waals surface area contributed by atoms with Gasteiger partial charge in [0.05, 0.1) is 0 Å². The Bertz CT molecular complexity index is 424. The molecule has 3 fully saturated rings. The van der Waals surface area contributed by atoms with E-state index in [1.54, 1.807) is 0 Å². The summed E-state index contributed by atoms with van der Waals surface area (Å²) in [6, 6.07) is 0. The van der Waals surface area contributed by atoms with Crippen molar-refractivity contribution >= 4 is 30.7 Å². The second-order valence-electron chi connectivity index (χ2n) is 9.10. The topological polar surface area (TPSA) is 35.6 Å². The number of carbonyl (C=O) groups is 1. The predicted molar refractivity (Wildman–Crippen MR) is 118 cm³/mol. The second kappa shape index (κ2) is 12.5. The third kappa shape index (κ3) is 7.72. The molecule has 1 N–H and O–H groups in total. The Labute approximate surface area is 179 Å². The molecule has 27 heavy (non-hydrogen) atoms. The maximum absolute atomic E-state index is 12.8. The Balaban J connectivity index is 0.00000182. The van der Waals surface area contributed by atoms with Crippen LogP contribution in [0, 0.1) is 23.7 Å². The fraction of sp³-hybridized carbons (Fsp3) is 0.952. The number of likely N-dealkylation sites (tertiary alicyclic amines) is 2. The van der Waals surface area contributed by atoms with Crippen LogP contribution in [0.25, 0.3) is 0 Å². The van der Waals surface area contributed by atoms with Gasteiger partial charge in [0.15, 0.2) is 0 Å². The van der Waals surface area contributed by atoms with Gasteiger partial charge in [-0.25, -0.2) is 0 Å². The van der Waals surface area contributed by atoms with E-state index in [0.29, 0.717) is 17.7 Å². The molecule has 160 valence electrons. The summed E-state index contributed by atoms with van der Waals surface area (Å²) < 4.78 is 0. The van der Waals surface area contributed by atoms with Crippen molar-refractivity contribution in [3.05, 3.63) is 0 Å². The zero-order chi connectivity index (χ0) is 17.6. The summed E-state index contributed by atoms with van der Waals surface area (Å²) in [6.07, 6.45) is 8.45. The molecular weight excluding hydrogens is 381 g/mol. The zero-order valence-corrected chi connectivity index (χ0v) is 19.0. The number of halogens is 2. The molecule has 3 saturated heterocycles. The number of nitrogens with zero attached hydrogens (tertiary/aromatic N) is 2. The van der Waals surface area contributed by atoms with Gasteiger partial charge in [-0.05, 0) is 88.4 Å². The molecule has 3 aliphatic heterocycles. The number of amides is 1. The van der Waals surface area contributed by atoms with E-state index in [1.165, 1.54) is 58.2 Å². The smallest absolute Gasteiger partial charge is 0.222 e. The molecule has 0 spiro atoms. The first-order valence-corrected chi connectivity index (χ1v) is 10.8. The third-order valence-electron chi connectivity index (χ3n) is 6.95. The first kappa shape index (κ1) is 25.0. The minimum Gasteiger partial charge on any atom is -0.342 e. The highest BCUT2D eigenvalue weighted by Gasteiger charge is 2.29. The van der Waals surface area contributed by atoms with E-state index in [1.807, 2.05) is 0 Å². The van der Waals surface area contributed by atoms with E-state index in [0.717, 1.165) is 44.4 Å². The van der Waals surface area contributed by atoms with Gasteiger partial charge in [-0.2, -0.15) is 0 Å². The van der Waals surface area contributed by atoms with Gasteiger partial charge in [0.1, 0.15) is 0 Å². The van der Waals surface area contributed by atoms with Crippen LogP contribution in [0.3, 0.4) is 0 Å². The molecule has 2 unspecified atom stereocenters. The van der Waals surface area contributed by atoms with Crippen LogP contribution < -0.4 is 5.32 Å². The Morgan fingerprint density at radius 3 is 2.37 bits per heavy atom. The molecule has 0 aliphatic carbocycles. The van der Waals surface area contributed by atoms with Gasteiger partial charge in [0.25, 0.3) is 0 Å². The second-order valence-corrected chi connectivity index (χ2v) is 9.10. The van der Waals surface area contributed by atoms with Gasteiger partial charge in [-0.1, -0.05) is 13.8 Å². The fourth-order valence-electron chi connectivity index (χ4n) is 5.03. The predicted octanol–water partition coefficient (Wildman–Crippen LogP) is 3.83. The number of piperidine rings is 3. The zero-order valence-electron chi connectivity index (χ0n) is 17.3. The number of hydrogen-bond donors (Lipinski definition) is 1. The maximum atomic E-state index is 12.8. The molecule has 0 saturated carbocycles. The van der Waals surface area contributed by atoms with Crippen LogP contribution in [0.1, 0.15) is 58.8 Å². The molecule has 0 bridgehead atoms. The molecule has 0 aromatic heterocycles. The van der Waals surface area contributed by atoms with E-state index in [-0.39, 0.29) is 24.8 Å². The molecule has 3 rings (SSSR count). The molecule has 6 heteroatoms. The summed E-state index contributed by atoms with van der Waals surface area (Å²) in [5.41, 5.74) is 0. The summed E-state index contributed by atoms with van der Waals surface area (Å²) in [4.78, 5) is 17.7. The molecule has 3 aliphatic rings. The Hall–Kier alpha value is -0.0300. The van der Waals surface area contributed by atoms with Crippen LogP contribution in [0.2, 0.25) is 0 Å². The standard InChI is InChI=1S/C21H39N3O.2ClH/c1-17-7-12-23(13-8-17)15-19-4-3-11-24(16-19)21(25)14-18(2)20-5-9-22-10-6-20;;/h17-20,22H,3-16H2,1-2H3;2*1H. The largest absolute Gasteiger partial charge is 0.342 e. The lowest BCUT2D eigenvalue weighted by Gasteiger charge is -2.38. The van der Waals surface area contributed by atoms with Crippen LogP contribution >= 0.6 is 24.8 Å². The number of carbonyl (C=O) groups excluding carboxylic acids is 1. The van der Waals surface area contributed by atoms with Crippen LogP contribution in [0.5, 0.6) is 0 Å². The summed E-state index contributed by atoms with van der Waals surface area (Å²) in [6.45, 7) is 12.7. The van der Waals surface area contributed by atoms with Gasteiger partial charge in [0, 0.05) is 26.1 Å². The summed E-state index contributed by atoms with van der Waals surface area (Å²) in [5, 5.41) is 3.43. The first-order valence-electron chi connectivity index (χ1n) is 10.8. The van der Waals surface area contributed by atoms with Gasteiger partial charge in [-0.15, -0.1) is 24.8 Å². The van der Waals surface area contributed by atoms with Crippen molar-refractivity contribution < 1.29 is 4.79 Å². The van der Waals surface area contributed by atoms with Crippen molar-refractivity contribution in [1.82, 2.24) is 15.1 Å². The molecule has 2 atom stereocenters. The minimum atomic E-state index is 0. The van der Waals surface area contributed by atoms with Crippen molar-refractivity contribution in [2.75, 3.05) is 45.8 Å². The lowest BCUT2D eigenvalue weighted by Crippen LogP contribution is -2.45. The molecule has 0 aromatic rings. The quantitative estimate of drug-likeness (QED) is 0.732. The lowest BCUT2D eigenvalue weighted by atomic mass is 9.83. The average molecular weight is 422 g/mol. The van der Waals surface area contributed by atoms with Crippen molar-refractivity contribution in [3.63, 3.8) is 0 Å². The SMILES string of the molecule is CC1CCN(CC2CCCN(C(=O)CC(C)C3CCNCC3)C2)CC1.Cl.Cl. The van der Waals surface area contributed by atoms with E-state index in [2.05, 4.69) is 29.0 Å². The number of nitrogens with one attached hydrogen (secondary N) is 1. The summed E-state index contributed by atoms with van der Waals surface area (Å²) >= 11 is 0. The Morgan fingerprint density at radius 2 is 1.70 bits per heavy atom. The van der Waals surface area contributed by atoms with Gasteiger partial charge >= 0.3 is 0 Å². The van der Waals surface area contributed by atoms with E-state index >= 15 is 0 Å². The van der Waals surface area contributed by atoms with E-state index < -0.39 is 0 Å². The number of rotatable bonds is 5. The van der Waals surface area contributed by atoms with Crippen molar-refractivity contribution in [2.45, 2.75) is 58.8 Å². The minimum absolute atomic E-state index is 0. The van der Waals surface area contributed by atoms with E-state index in [4.69, 9.17) is 0 Å². The van der Waals surface area contributed by atoms with Crippen LogP contribution in [0.15, 0.2) is 0 Å². The Kier molecular flexibility index (Phi) is 11.6. The van der Waals surface area contributed by atoms with Crippen molar-refractivity contribution in [1.29, 1.82) is 0 Å². The highest BCUT2D eigenvalue weighted by atomic mass is 35.5. The highest BCUT2D eigenvalue weighted by molar-refractivity contribution is 5.85. The molecule has 0 aromatic carbocycles. The van der Waals surface area contributed by atoms with Crippen LogP contribution in [-0.4, -0.2) is 61.5 Å². The number of hydrogen-bond acceptors (Lipinski definition) is 3. The van der Waals surface area contributed by atoms with Gasteiger partial charge in [-0.3, -0.25) is 4.79 Å². The normalized spacial score (nSPS) is 26.7. The Morgan fingerprint density at radius 1 is 1.04 bits per heavy atom. The maximum Gasteiger partial charge on any atom is 0.222 e. The van der Waals surface area contributed by atoms with Crippen molar-refractivity contribution in [3.8, 4) is 0 Å². The lowest BCUT2D eigenvalue weighted by molar-refractivity contribution is -0.134. The fourth-order valence-corrected chi connectivity index (χ4v) is 5.03. The molecular formula is C21H41Cl2N3O. The highest BCUT2D eigenvalue weighted by Crippen LogP contribution is 2.27. The van der Waals surface area contributed by atoms with Crippen molar-refractivity contribution in [2.24, 2.45) is 23.7 Å². The van der Waals surface area contributed by atoms with Gasteiger partial charge in [0.2, 0.25) is 5.91 Å². The molecule has 0 radical (unpaired) electrons. The summed E-state index contributed by atoms with van der Waals surface area (Å²) in [5.74, 6) is 3.29. The summed E-state index contributed by atoms with van der Waals surface area (Å²) in [7, 11) is 0. The molecule has 4 nitrogen and oxygen atoms in total. The van der Waals surface area contributed by atoms with Gasteiger partial charge < -0.3 is 15.1 Å². The monoisotopic (exact) mass is 421 g/mol. The van der Waals surface area contributed by atoms with Crippen LogP contribution in [0.4, 0.5) is 0 Å². The molecule has 1 amide bonds.